The minimum absolute atomic E-state index is 0.145. The molecule has 0 unspecified atom stereocenters. The zero-order valence-corrected chi connectivity index (χ0v) is 10.3. The SMILES string of the molecule is O=[N+]([O-])c1cnc(NCc2cccc3c2OCO3)nc1. The molecule has 0 atom stereocenters. The Labute approximate surface area is 113 Å². The molecular formula is C12H10N4O4. The lowest BCUT2D eigenvalue weighted by Gasteiger charge is -2.07. The molecule has 2 aromatic rings. The van der Waals surface area contributed by atoms with Crippen molar-refractivity contribution in [1.82, 2.24) is 9.97 Å². The standard InChI is InChI=1S/C12H10N4O4/c17-16(18)9-5-14-12(15-6-9)13-4-8-2-1-3-10-11(8)20-7-19-10/h1-3,5-6H,4,7H2,(H,13,14,15). The summed E-state index contributed by atoms with van der Waals surface area (Å²) in [6.07, 6.45) is 2.31. The average molecular weight is 274 g/mol. The fourth-order valence-electron chi connectivity index (χ4n) is 1.81. The Balaban J connectivity index is 1.71. The molecule has 8 nitrogen and oxygen atoms in total. The highest BCUT2D eigenvalue weighted by Crippen LogP contribution is 2.35. The quantitative estimate of drug-likeness (QED) is 0.669. The smallest absolute Gasteiger partial charge is 0.305 e. The monoisotopic (exact) mass is 274 g/mol. The first-order valence-corrected chi connectivity index (χ1v) is 5.82. The molecule has 8 heteroatoms. The first-order valence-electron chi connectivity index (χ1n) is 5.82. The van der Waals surface area contributed by atoms with Gasteiger partial charge < -0.3 is 14.8 Å². The van der Waals surface area contributed by atoms with Crippen molar-refractivity contribution in [2.45, 2.75) is 6.54 Å². The third-order valence-electron chi connectivity index (χ3n) is 2.76. The predicted octanol–water partition coefficient (Wildman–Crippen LogP) is 1.73. The van der Waals surface area contributed by atoms with Gasteiger partial charge in [0.05, 0.1) is 4.92 Å². The molecule has 0 aliphatic carbocycles. The predicted molar refractivity (Wildman–Crippen MR) is 68.6 cm³/mol. The van der Waals surface area contributed by atoms with E-state index >= 15 is 0 Å². The molecule has 0 saturated heterocycles. The van der Waals surface area contributed by atoms with Crippen LogP contribution in [0.3, 0.4) is 0 Å². The maximum atomic E-state index is 10.5. The minimum atomic E-state index is -0.543. The number of hydrogen-bond donors (Lipinski definition) is 1. The van der Waals surface area contributed by atoms with Gasteiger partial charge in [-0.15, -0.1) is 0 Å². The van der Waals surface area contributed by atoms with E-state index in [0.717, 1.165) is 18.0 Å². The number of ether oxygens (including phenoxy) is 2. The molecule has 0 amide bonds. The molecular weight excluding hydrogens is 264 g/mol. The van der Waals surface area contributed by atoms with Crippen LogP contribution in [0.5, 0.6) is 11.5 Å². The van der Waals surface area contributed by atoms with Crippen LogP contribution < -0.4 is 14.8 Å². The van der Waals surface area contributed by atoms with E-state index in [2.05, 4.69) is 15.3 Å². The zero-order valence-electron chi connectivity index (χ0n) is 10.3. The number of hydrogen-bond acceptors (Lipinski definition) is 7. The highest BCUT2D eigenvalue weighted by molar-refractivity contribution is 5.49. The summed E-state index contributed by atoms with van der Waals surface area (Å²) in [6, 6.07) is 5.58. The molecule has 1 N–H and O–H groups in total. The largest absolute Gasteiger partial charge is 0.454 e. The van der Waals surface area contributed by atoms with Crippen molar-refractivity contribution < 1.29 is 14.4 Å². The molecule has 0 spiro atoms. The average Bonchev–Trinajstić information content (AvgIpc) is 2.94. The van der Waals surface area contributed by atoms with E-state index in [1.165, 1.54) is 0 Å². The fourth-order valence-corrected chi connectivity index (χ4v) is 1.81. The Kier molecular flexibility index (Phi) is 3.04. The van der Waals surface area contributed by atoms with E-state index in [4.69, 9.17) is 9.47 Å². The molecule has 0 bridgehead atoms. The number of fused-ring (bicyclic) bond motifs is 1. The number of nitro groups is 1. The fraction of sp³-hybridized carbons (Fsp3) is 0.167. The highest BCUT2D eigenvalue weighted by Gasteiger charge is 2.17. The summed E-state index contributed by atoms with van der Waals surface area (Å²) >= 11 is 0. The number of para-hydroxylation sites is 1. The van der Waals surface area contributed by atoms with Gasteiger partial charge in [0.2, 0.25) is 12.7 Å². The van der Waals surface area contributed by atoms with Crippen LogP contribution in [0.25, 0.3) is 0 Å². The summed E-state index contributed by atoms with van der Waals surface area (Å²) < 4.78 is 10.7. The van der Waals surface area contributed by atoms with Crippen LogP contribution in [0.4, 0.5) is 11.6 Å². The Morgan fingerprint density at radius 3 is 2.85 bits per heavy atom. The lowest BCUT2D eigenvalue weighted by Crippen LogP contribution is -2.04. The van der Waals surface area contributed by atoms with Gasteiger partial charge in [0.25, 0.3) is 0 Å². The maximum absolute atomic E-state index is 10.5. The van der Waals surface area contributed by atoms with E-state index in [9.17, 15) is 10.1 Å². The van der Waals surface area contributed by atoms with Crippen LogP contribution in [0.1, 0.15) is 5.56 Å². The summed E-state index contributed by atoms with van der Waals surface area (Å²) in [7, 11) is 0. The van der Waals surface area contributed by atoms with Gasteiger partial charge in [0.15, 0.2) is 11.5 Å². The van der Waals surface area contributed by atoms with E-state index in [1.807, 2.05) is 18.2 Å². The number of aromatic nitrogens is 2. The Bertz CT molecular complexity index is 644. The van der Waals surface area contributed by atoms with Gasteiger partial charge in [-0.1, -0.05) is 12.1 Å². The molecule has 0 radical (unpaired) electrons. The molecule has 1 aromatic heterocycles. The number of nitrogens with one attached hydrogen (secondary N) is 1. The maximum Gasteiger partial charge on any atom is 0.305 e. The molecule has 1 aliphatic rings. The van der Waals surface area contributed by atoms with Gasteiger partial charge in [-0.2, -0.15) is 0 Å². The normalized spacial score (nSPS) is 12.2. The third kappa shape index (κ3) is 2.30. The van der Waals surface area contributed by atoms with Crippen molar-refractivity contribution in [3.05, 3.63) is 46.3 Å². The molecule has 1 aromatic carbocycles. The summed E-state index contributed by atoms with van der Waals surface area (Å²) in [5.74, 6) is 1.71. The lowest BCUT2D eigenvalue weighted by molar-refractivity contribution is -0.385. The molecule has 0 fully saturated rings. The summed E-state index contributed by atoms with van der Waals surface area (Å²) in [5, 5.41) is 13.5. The van der Waals surface area contributed by atoms with Crippen LogP contribution in [0.15, 0.2) is 30.6 Å². The molecule has 0 saturated carbocycles. The van der Waals surface area contributed by atoms with Crippen molar-refractivity contribution in [3.8, 4) is 11.5 Å². The topological polar surface area (TPSA) is 99.4 Å². The molecule has 20 heavy (non-hydrogen) atoms. The first-order chi connectivity index (χ1) is 9.74. The summed E-state index contributed by atoms with van der Waals surface area (Å²) in [4.78, 5) is 17.7. The van der Waals surface area contributed by atoms with E-state index in [1.54, 1.807) is 0 Å². The molecule has 2 heterocycles. The van der Waals surface area contributed by atoms with Crippen molar-refractivity contribution in [2.75, 3.05) is 12.1 Å². The minimum Gasteiger partial charge on any atom is -0.454 e. The molecule has 3 rings (SSSR count). The van der Waals surface area contributed by atoms with Crippen molar-refractivity contribution in [3.63, 3.8) is 0 Å². The number of nitrogens with zero attached hydrogens (tertiary/aromatic N) is 3. The van der Waals surface area contributed by atoms with Crippen LogP contribution in [0, 0.1) is 10.1 Å². The van der Waals surface area contributed by atoms with Crippen molar-refractivity contribution in [2.24, 2.45) is 0 Å². The lowest BCUT2D eigenvalue weighted by atomic mass is 10.2. The highest BCUT2D eigenvalue weighted by atomic mass is 16.7. The van der Waals surface area contributed by atoms with Gasteiger partial charge in [-0.05, 0) is 6.07 Å². The Morgan fingerprint density at radius 2 is 2.10 bits per heavy atom. The van der Waals surface area contributed by atoms with Crippen LogP contribution >= 0.6 is 0 Å². The molecule has 102 valence electrons. The second-order valence-corrected chi connectivity index (χ2v) is 4.03. The number of anilines is 1. The van der Waals surface area contributed by atoms with E-state index in [0.29, 0.717) is 24.0 Å². The molecule has 1 aliphatic heterocycles. The Morgan fingerprint density at radius 1 is 1.30 bits per heavy atom. The van der Waals surface area contributed by atoms with Gasteiger partial charge in [0, 0.05) is 12.1 Å². The zero-order chi connectivity index (χ0) is 13.9. The van der Waals surface area contributed by atoms with E-state index in [-0.39, 0.29) is 12.5 Å². The van der Waals surface area contributed by atoms with Gasteiger partial charge in [0.1, 0.15) is 12.4 Å². The Hall–Kier alpha value is -2.90. The van der Waals surface area contributed by atoms with E-state index < -0.39 is 4.92 Å². The second-order valence-electron chi connectivity index (χ2n) is 4.03. The first kappa shape index (κ1) is 12.2. The number of benzene rings is 1. The van der Waals surface area contributed by atoms with Gasteiger partial charge in [-0.25, -0.2) is 9.97 Å². The van der Waals surface area contributed by atoms with Crippen molar-refractivity contribution >= 4 is 11.6 Å². The number of rotatable bonds is 4. The van der Waals surface area contributed by atoms with Crippen LogP contribution in [0.2, 0.25) is 0 Å². The summed E-state index contributed by atoms with van der Waals surface area (Å²) in [6.45, 7) is 0.644. The third-order valence-corrected chi connectivity index (χ3v) is 2.76. The van der Waals surface area contributed by atoms with Crippen LogP contribution in [-0.2, 0) is 6.54 Å². The van der Waals surface area contributed by atoms with Crippen LogP contribution in [-0.4, -0.2) is 21.7 Å². The van der Waals surface area contributed by atoms with Gasteiger partial charge in [-0.3, -0.25) is 10.1 Å². The van der Waals surface area contributed by atoms with Gasteiger partial charge >= 0.3 is 5.69 Å². The second kappa shape index (κ2) is 5.00. The summed E-state index contributed by atoms with van der Waals surface area (Å²) in [5.41, 5.74) is 0.759. The van der Waals surface area contributed by atoms with Crippen molar-refractivity contribution in [1.29, 1.82) is 0 Å².